The van der Waals surface area contributed by atoms with Crippen molar-refractivity contribution in [2.24, 2.45) is 4.99 Å². The SMILES string of the molecule is CN=C(NCCc1ncc(C)s1)NCc1ccc(OCC(F)(F)F)nc1. The summed E-state index contributed by atoms with van der Waals surface area (Å²) in [6.07, 6.45) is -0.268. The Labute approximate surface area is 153 Å². The molecule has 10 heteroatoms. The van der Waals surface area contributed by atoms with Gasteiger partial charge < -0.3 is 15.4 Å². The third kappa shape index (κ3) is 7.26. The van der Waals surface area contributed by atoms with E-state index in [0.717, 1.165) is 17.0 Å². The fourth-order valence-electron chi connectivity index (χ4n) is 1.97. The van der Waals surface area contributed by atoms with Gasteiger partial charge in [0.25, 0.3) is 0 Å². The summed E-state index contributed by atoms with van der Waals surface area (Å²) in [5.41, 5.74) is 0.794. The Hall–Kier alpha value is -2.36. The van der Waals surface area contributed by atoms with Gasteiger partial charge in [0.05, 0.1) is 5.01 Å². The Morgan fingerprint density at radius 1 is 1.23 bits per heavy atom. The number of aliphatic imine (C=N–C) groups is 1. The minimum Gasteiger partial charge on any atom is -0.468 e. The van der Waals surface area contributed by atoms with Crippen molar-refractivity contribution in [2.75, 3.05) is 20.2 Å². The van der Waals surface area contributed by atoms with Gasteiger partial charge in [-0.3, -0.25) is 4.99 Å². The van der Waals surface area contributed by atoms with Crippen LogP contribution in [0.3, 0.4) is 0 Å². The van der Waals surface area contributed by atoms with Crippen molar-refractivity contribution in [3.8, 4) is 5.88 Å². The van der Waals surface area contributed by atoms with E-state index < -0.39 is 12.8 Å². The van der Waals surface area contributed by atoms with E-state index in [-0.39, 0.29) is 5.88 Å². The second-order valence-electron chi connectivity index (χ2n) is 5.38. The Morgan fingerprint density at radius 3 is 2.62 bits per heavy atom. The number of nitrogens with one attached hydrogen (secondary N) is 2. The lowest BCUT2D eigenvalue weighted by Gasteiger charge is -2.12. The molecule has 2 heterocycles. The quantitative estimate of drug-likeness (QED) is 0.565. The highest BCUT2D eigenvalue weighted by Crippen LogP contribution is 2.17. The molecule has 0 atom stereocenters. The molecule has 0 saturated carbocycles. The van der Waals surface area contributed by atoms with Crippen LogP contribution < -0.4 is 15.4 Å². The molecule has 6 nitrogen and oxygen atoms in total. The van der Waals surface area contributed by atoms with Gasteiger partial charge in [0.1, 0.15) is 0 Å². The summed E-state index contributed by atoms with van der Waals surface area (Å²) in [5.74, 6) is 0.558. The van der Waals surface area contributed by atoms with Gasteiger partial charge in [-0.15, -0.1) is 11.3 Å². The fraction of sp³-hybridized carbons (Fsp3) is 0.438. The molecular formula is C16H20F3N5OS. The number of nitrogens with zero attached hydrogens (tertiary/aromatic N) is 3. The van der Waals surface area contributed by atoms with Gasteiger partial charge in [0, 0.05) is 49.9 Å². The third-order valence-electron chi connectivity index (χ3n) is 3.17. The first-order valence-corrected chi connectivity index (χ1v) is 8.67. The zero-order valence-electron chi connectivity index (χ0n) is 14.4. The first kappa shape index (κ1) is 20.0. The summed E-state index contributed by atoms with van der Waals surface area (Å²) in [6.45, 7) is 1.78. The monoisotopic (exact) mass is 387 g/mol. The standard InChI is InChI=1S/C16H20F3N5OS/c1-11-7-23-14(26-11)5-6-21-15(20-2)24-9-12-3-4-13(22-8-12)25-10-16(17,18)19/h3-4,7-8H,5-6,9-10H2,1-2H3,(H2,20,21,24). The number of hydrogen-bond donors (Lipinski definition) is 2. The van der Waals surface area contributed by atoms with Crippen molar-refractivity contribution in [3.05, 3.63) is 40.0 Å². The first-order chi connectivity index (χ1) is 12.4. The van der Waals surface area contributed by atoms with Crippen LogP contribution >= 0.6 is 11.3 Å². The molecule has 0 bridgehead atoms. The van der Waals surface area contributed by atoms with E-state index in [1.54, 1.807) is 24.5 Å². The molecule has 2 aromatic heterocycles. The molecule has 0 aliphatic rings. The van der Waals surface area contributed by atoms with Crippen LogP contribution in [0.2, 0.25) is 0 Å². The summed E-state index contributed by atoms with van der Waals surface area (Å²) >= 11 is 1.66. The zero-order chi connectivity index (χ0) is 19.0. The zero-order valence-corrected chi connectivity index (χ0v) is 15.2. The van der Waals surface area contributed by atoms with Gasteiger partial charge in [-0.05, 0) is 12.5 Å². The number of aryl methyl sites for hydroxylation is 1. The molecule has 2 rings (SSSR count). The Bertz CT molecular complexity index is 715. The minimum absolute atomic E-state index is 0.0627. The van der Waals surface area contributed by atoms with Crippen molar-refractivity contribution in [3.63, 3.8) is 0 Å². The lowest BCUT2D eigenvalue weighted by atomic mass is 10.3. The van der Waals surface area contributed by atoms with Crippen LogP contribution in [0.15, 0.2) is 29.5 Å². The number of alkyl halides is 3. The van der Waals surface area contributed by atoms with E-state index in [4.69, 9.17) is 0 Å². The molecule has 2 N–H and O–H groups in total. The van der Waals surface area contributed by atoms with Crippen LogP contribution in [-0.4, -0.2) is 42.3 Å². The second-order valence-corrected chi connectivity index (χ2v) is 6.70. The molecule has 0 amide bonds. The highest BCUT2D eigenvalue weighted by molar-refractivity contribution is 7.11. The van der Waals surface area contributed by atoms with Gasteiger partial charge in [-0.25, -0.2) is 9.97 Å². The Balaban J connectivity index is 1.73. The van der Waals surface area contributed by atoms with Gasteiger partial charge in [0.2, 0.25) is 5.88 Å². The number of ether oxygens (including phenoxy) is 1. The molecule has 2 aromatic rings. The molecule has 0 radical (unpaired) electrons. The molecule has 26 heavy (non-hydrogen) atoms. The van der Waals surface area contributed by atoms with Crippen LogP contribution in [0.5, 0.6) is 5.88 Å². The summed E-state index contributed by atoms with van der Waals surface area (Å²) in [5, 5.41) is 7.35. The predicted octanol–water partition coefficient (Wildman–Crippen LogP) is 2.70. The maximum atomic E-state index is 12.1. The smallest absolute Gasteiger partial charge is 0.422 e. The molecule has 0 fully saturated rings. The van der Waals surface area contributed by atoms with Crippen LogP contribution in [0, 0.1) is 6.92 Å². The number of thiazole rings is 1. The molecule has 0 saturated heterocycles. The van der Waals surface area contributed by atoms with Crippen LogP contribution in [0.25, 0.3) is 0 Å². The number of guanidine groups is 1. The van der Waals surface area contributed by atoms with E-state index in [2.05, 4.69) is 30.3 Å². The van der Waals surface area contributed by atoms with E-state index in [1.807, 2.05) is 13.1 Å². The molecular weight excluding hydrogens is 367 g/mol. The molecule has 0 aromatic carbocycles. The fourth-order valence-corrected chi connectivity index (χ4v) is 2.75. The largest absolute Gasteiger partial charge is 0.468 e. The number of aromatic nitrogens is 2. The second kappa shape index (κ2) is 9.37. The van der Waals surface area contributed by atoms with Crippen molar-refractivity contribution in [1.29, 1.82) is 0 Å². The lowest BCUT2D eigenvalue weighted by molar-refractivity contribution is -0.154. The van der Waals surface area contributed by atoms with Crippen molar-refractivity contribution < 1.29 is 17.9 Å². The lowest BCUT2D eigenvalue weighted by Crippen LogP contribution is -2.37. The highest BCUT2D eigenvalue weighted by Gasteiger charge is 2.28. The van der Waals surface area contributed by atoms with Gasteiger partial charge in [0.15, 0.2) is 12.6 Å². The summed E-state index contributed by atoms with van der Waals surface area (Å²) < 4.78 is 40.9. The number of pyridine rings is 1. The summed E-state index contributed by atoms with van der Waals surface area (Å²) in [7, 11) is 1.66. The highest BCUT2D eigenvalue weighted by atomic mass is 32.1. The van der Waals surface area contributed by atoms with Crippen LogP contribution in [0.4, 0.5) is 13.2 Å². The maximum absolute atomic E-state index is 12.1. The molecule has 0 aliphatic carbocycles. The summed E-state index contributed by atoms with van der Waals surface area (Å²) in [4.78, 5) is 13.5. The number of halogens is 3. The Kier molecular flexibility index (Phi) is 7.19. The van der Waals surface area contributed by atoms with Crippen LogP contribution in [-0.2, 0) is 13.0 Å². The van der Waals surface area contributed by atoms with Gasteiger partial charge in [-0.1, -0.05) is 6.07 Å². The van der Waals surface area contributed by atoms with Gasteiger partial charge >= 0.3 is 6.18 Å². The first-order valence-electron chi connectivity index (χ1n) is 7.86. The average molecular weight is 387 g/mol. The van der Waals surface area contributed by atoms with E-state index in [9.17, 15) is 13.2 Å². The minimum atomic E-state index is -4.38. The number of rotatable bonds is 7. The maximum Gasteiger partial charge on any atom is 0.422 e. The molecule has 0 aliphatic heterocycles. The number of hydrogen-bond acceptors (Lipinski definition) is 5. The Morgan fingerprint density at radius 2 is 2.04 bits per heavy atom. The normalized spacial score (nSPS) is 12.1. The van der Waals surface area contributed by atoms with E-state index in [0.29, 0.717) is 19.0 Å². The van der Waals surface area contributed by atoms with Crippen molar-refractivity contribution in [2.45, 2.75) is 26.1 Å². The van der Waals surface area contributed by atoms with E-state index in [1.165, 1.54) is 17.1 Å². The van der Waals surface area contributed by atoms with Crippen molar-refractivity contribution >= 4 is 17.3 Å². The third-order valence-corrected chi connectivity index (χ3v) is 4.14. The molecule has 0 spiro atoms. The van der Waals surface area contributed by atoms with Crippen LogP contribution in [0.1, 0.15) is 15.4 Å². The van der Waals surface area contributed by atoms with E-state index >= 15 is 0 Å². The molecule has 0 unspecified atom stereocenters. The molecule has 142 valence electrons. The average Bonchev–Trinajstić information content (AvgIpc) is 3.01. The van der Waals surface area contributed by atoms with Gasteiger partial charge in [-0.2, -0.15) is 13.2 Å². The summed E-state index contributed by atoms with van der Waals surface area (Å²) in [6, 6.07) is 3.06. The predicted molar refractivity (Wildman–Crippen MR) is 94.5 cm³/mol. The topological polar surface area (TPSA) is 71.4 Å². The van der Waals surface area contributed by atoms with Crippen molar-refractivity contribution in [1.82, 2.24) is 20.6 Å².